The maximum atomic E-state index is 11.2. The van der Waals surface area contributed by atoms with Crippen molar-refractivity contribution in [3.8, 4) is 23.0 Å². The molecular formula is C14H13N5O4. The lowest BCUT2D eigenvalue weighted by atomic mass is 10.2. The van der Waals surface area contributed by atoms with E-state index < -0.39 is 4.92 Å². The first-order valence-corrected chi connectivity index (χ1v) is 6.72. The predicted molar refractivity (Wildman–Crippen MR) is 79.1 cm³/mol. The summed E-state index contributed by atoms with van der Waals surface area (Å²) in [6.45, 7) is 3.25. The summed E-state index contributed by atoms with van der Waals surface area (Å²) in [6.07, 6.45) is 0. The van der Waals surface area contributed by atoms with Crippen LogP contribution in [-0.4, -0.2) is 24.8 Å². The summed E-state index contributed by atoms with van der Waals surface area (Å²) in [4.78, 5) is 14.8. The van der Waals surface area contributed by atoms with Crippen molar-refractivity contribution in [3.63, 3.8) is 0 Å². The SMILES string of the molecule is Cc1nc(-c2cccc(Oc3c([N+](=O)[O-])c(C)nn3C)c2)no1. The standard InChI is InChI=1S/C14H13N5O4/c1-8-12(19(20)21)14(18(3)16-8)22-11-6-4-5-10(7-11)13-15-9(2)23-17-13/h4-7H,1-3H3. The fourth-order valence-corrected chi connectivity index (χ4v) is 2.18. The number of aryl methyl sites for hydroxylation is 3. The maximum absolute atomic E-state index is 11.2. The third-order valence-corrected chi connectivity index (χ3v) is 3.16. The summed E-state index contributed by atoms with van der Waals surface area (Å²) < 4.78 is 11.9. The molecule has 2 aromatic heterocycles. The van der Waals surface area contributed by atoms with Crippen LogP contribution in [0.4, 0.5) is 5.69 Å². The van der Waals surface area contributed by atoms with Gasteiger partial charge in [0.1, 0.15) is 11.4 Å². The molecule has 0 N–H and O–H groups in total. The molecule has 0 amide bonds. The zero-order chi connectivity index (χ0) is 16.6. The van der Waals surface area contributed by atoms with Crippen LogP contribution >= 0.6 is 0 Å². The summed E-state index contributed by atoms with van der Waals surface area (Å²) in [5.74, 6) is 1.35. The van der Waals surface area contributed by atoms with Gasteiger partial charge in [-0.25, -0.2) is 4.68 Å². The zero-order valence-corrected chi connectivity index (χ0v) is 12.7. The minimum atomic E-state index is -0.510. The summed E-state index contributed by atoms with van der Waals surface area (Å²) >= 11 is 0. The molecular weight excluding hydrogens is 302 g/mol. The van der Waals surface area contributed by atoms with Crippen molar-refractivity contribution in [1.82, 2.24) is 19.9 Å². The fourth-order valence-electron chi connectivity index (χ4n) is 2.18. The van der Waals surface area contributed by atoms with E-state index in [1.165, 1.54) is 4.68 Å². The molecule has 0 unspecified atom stereocenters. The number of hydrogen-bond acceptors (Lipinski definition) is 7. The van der Waals surface area contributed by atoms with Crippen LogP contribution in [-0.2, 0) is 7.05 Å². The molecule has 0 bridgehead atoms. The first kappa shape index (κ1) is 14.7. The second-order valence-corrected chi connectivity index (χ2v) is 4.89. The molecule has 23 heavy (non-hydrogen) atoms. The van der Waals surface area contributed by atoms with E-state index in [1.54, 1.807) is 45.2 Å². The van der Waals surface area contributed by atoms with E-state index in [4.69, 9.17) is 9.26 Å². The van der Waals surface area contributed by atoms with Crippen LogP contribution in [0.1, 0.15) is 11.6 Å². The van der Waals surface area contributed by atoms with Gasteiger partial charge < -0.3 is 9.26 Å². The number of aromatic nitrogens is 4. The second-order valence-electron chi connectivity index (χ2n) is 4.89. The van der Waals surface area contributed by atoms with Crippen LogP contribution in [0.5, 0.6) is 11.6 Å². The Bertz CT molecular complexity index is 883. The Balaban J connectivity index is 1.97. The fraction of sp³-hybridized carbons (Fsp3) is 0.214. The number of ether oxygens (including phenoxy) is 1. The van der Waals surface area contributed by atoms with Crippen molar-refractivity contribution in [2.75, 3.05) is 0 Å². The molecule has 0 saturated heterocycles. The highest BCUT2D eigenvalue weighted by Crippen LogP contribution is 2.34. The van der Waals surface area contributed by atoms with Gasteiger partial charge in [-0.2, -0.15) is 10.1 Å². The summed E-state index contributed by atoms with van der Waals surface area (Å²) in [7, 11) is 1.59. The molecule has 0 fully saturated rings. The van der Waals surface area contributed by atoms with Crippen molar-refractivity contribution < 1.29 is 14.2 Å². The Morgan fingerprint density at radius 2 is 2.13 bits per heavy atom. The van der Waals surface area contributed by atoms with Gasteiger partial charge in [0.2, 0.25) is 11.7 Å². The Labute approximate surface area is 130 Å². The molecule has 1 aromatic carbocycles. The van der Waals surface area contributed by atoms with Crippen LogP contribution in [0.3, 0.4) is 0 Å². The lowest BCUT2D eigenvalue weighted by Crippen LogP contribution is -1.97. The van der Waals surface area contributed by atoms with Crippen LogP contribution in [0.2, 0.25) is 0 Å². The molecule has 0 saturated carbocycles. The first-order chi connectivity index (χ1) is 11.0. The van der Waals surface area contributed by atoms with Crippen LogP contribution < -0.4 is 4.74 Å². The number of nitro groups is 1. The van der Waals surface area contributed by atoms with E-state index in [1.807, 2.05) is 0 Å². The van der Waals surface area contributed by atoms with Crippen molar-refractivity contribution in [2.45, 2.75) is 13.8 Å². The van der Waals surface area contributed by atoms with Gasteiger partial charge >= 0.3 is 5.69 Å². The summed E-state index contributed by atoms with van der Waals surface area (Å²) in [5, 5.41) is 19.0. The van der Waals surface area contributed by atoms with Crippen LogP contribution in [0, 0.1) is 24.0 Å². The molecule has 3 rings (SSSR count). The van der Waals surface area contributed by atoms with E-state index >= 15 is 0 Å². The molecule has 2 heterocycles. The quantitative estimate of drug-likeness (QED) is 0.537. The Kier molecular flexibility index (Phi) is 3.53. The Hall–Kier alpha value is -3.23. The second kappa shape index (κ2) is 5.52. The number of rotatable bonds is 4. The third-order valence-electron chi connectivity index (χ3n) is 3.16. The minimum absolute atomic E-state index is 0.0638. The smallest absolute Gasteiger partial charge is 0.353 e. The van der Waals surface area contributed by atoms with Gasteiger partial charge in [0.15, 0.2) is 0 Å². The van der Waals surface area contributed by atoms with E-state index in [2.05, 4.69) is 15.2 Å². The molecule has 3 aromatic rings. The van der Waals surface area contributed by atoms with Crippen LogP contribution in [0.15, 0.2) is 28.8 Å². The van der Waals surface area contributed by atoms with Gasteiger partial charge in [-0.3, -0.25) is 10.1 Å². The molecule has 0 aliphatic carbocycles. The molecule has 0 aliphatic heterocycles. The van der Waals surface area contributed by atoms with Gasteiger partial charge in [-0.05, 0) is 19.1 Å². The average Bonchev–Trinajstić information content (AvgIpc) is 3.03. The normalized spacial score (nSPS) is 10.7. The van der Waals surface area contributed by atoms with E-state index in [0.29, 0.717) is 23.0 Å². The molecule has 9 heteroatoms. The first-order valence-electron chi connectivity index (χ1n) is 6.72. The average molecular weight is 315 g/mol. The Morgan fingerprint density at radius 3 is 2.78 bits per heavy atom. The number of nitrogens with zero attached hydrogens (tertiary/aromatic N) is 5. The van der Waals surface area contributed by atoms with Gasteiger partial charge in [0.25, 0.3) is 5.88 Å². The van der Waals surface area contributed by atoms with Gasteiger partial charge in [0, 0.05) is 19.5 Å². The minimum Gasteiger partial charge on any atom is -0.434 e. The molecule has 0 atom stereocenters. The van der Waals surface area contributed by atoms with Crippen LogP contribution in [0.25, 0.3) is 11.4 Å². The molecule has 0 aliphatic rings. The highest BCUT2D eigenvalue weighted by molar-refractivity contribution is 5.58. The van der Waals surface area contributed by atoms with Gasteiger partial charge in [-0.1, -0.05) is 17.3 Å². The monoisotopic (exact) mass is 315 g/mol. The molecule has 118 valence electrons. The van der Waals surface area contributed by atoms with Crippen molar-refractivity contribution in [1.29, 1.82) is 0 Å². The van der Waals surface area contributed by atoms with Crippen molar-refractivity contribution in [3.05, 3.63) is 46.0 Å². The predicted octanol–water partition coefficient (Wildman–Crippen LogP) is 2.79. The molecule has 0 radical (unpaired) electrons. The highest BCUT2D eigenvalue weighted by Gasteiger charge is 2.26. The van der Waals surface area contributed by atoms with E-state index in [0.717, 1.165) is 0 Å². The molecule has 9 nitrogen and oxygen atoms in total. The lowest BCUT2D eigenvalue weighted by molar-refractivity contribution is -0.386. The van der Waals surface area contributed by atoms with Crippen molar-refractivity contribution >= 4 is 5.69 Å². The topological polar surface area (TPSA) is 109 Å². The van der Waals surface area contributed by atoms with Crippen molar-refractivity contribution in [2.24, 2.45) is 7.05 Å². The summed E-state index contributed by atoms with van der Waals surface area (Å²) in [5.41, 5.74) is 0.812. The Morgan fingerprint density at radius 1 is 1.35 bits per heavy atom. The van der Waals surface area contributed by atoms with Gasteiger partial charge in [-0.15, -0.1) is 0 Å². The van der Waals surface area contributed by atoms with Gasteiger partial charge in [0.05, 0.1) is 4.92 Å². The van der Waals surface area contributed by atoms with E-state index in [9.17, 15) is 10.1 Å². The third kappa shape index (κ3) is 2.76. The van der Waals surface area contributed by atoms with E-state index in [-0.39, 0.29) is 17.3 Å². The maximum Gasteiger partial charge on any atom is 0.353 e. The number of benzene rings is 1. The highest BCUT2D eigenvalue weighted by atomic mass is 16.6. The summed E-state index contributed by atoms with van der Waals surface area (Å²) in [6, 6.07) is 6.89. The largest absolute Gasteiger partial charge is 0.434 e. The number of hydrogen-bond donors (Lipinski definition) is 0. The zero-order valence-electron chi connectivity index (χ0n) is 12.7. The molecule has 0 spiro atoms. The lowest BCUT2D eigenvalue weighted by Gasteiger charge is -2.06.